The zero-order valence-corrected chi connectivity index (χ0v) is 9.61. The minimum atomic E-state index is -0.417. The van der Waals surface area contributed by atoms with Crippen molar-refractivity contribution in [2.75, 3.05) is 14.1 Å². The molecule has 0 spiro atoms. The number of para-hydroxylation sites is 1. The van der Waals surface area contributed by atoms with Gasteiger partial charge in [0.25, 0.3) is 0 Å². The largest absolute Gasteiger partial charge is 0.444 e. The van der Waals surface area contributed by atoms with Crippen molar-refractivity contribution in [1.82, 2.24) is 14.9 Å². The van der Waals surface area contributed by atoms with Crippen molar-refractivity contribution in [3.63, 3.8) is 0 Å². The number of carbonyl (C=O) groups is 1. The van der Waals surface area contributed by atoms with Gasteiger partial charge in [0.05, 0.1) is 11.0 Å². The molecular weight excluding hydrogens is 222 g/mol. The first-order chi connectivity index (χ1) is 8.08. The molecule has 0 bridgehead atoms. The van der Waals surface area contributed by atoms with Crippen molar-refractivity contribution in [2.24, 2.45) is 0 Å². The van der Waals surface area contributed by atoms with Gasteiger partial charge in [0.1, 0.15) is 6.61 Å². The van der Waals surface area contributed by atoms with Gasteiger partial charge in [-0.3, -0.25) is 0 Å². The number of rotatable bonds is 2. The first-order valence-corrected chi connectivity index (χ1v) is 5.12. The van der Waals surface area contributed by atoms with Crippen LogP contribution in [0.2, 0.25) is 0 Å². The number of carbonyl (C=O) groups excluding carboxylic acids is 1. The zero-order chi connectivity index (χ0) is 12.4. The van der Waals surface area contributed by atoms with Crippen LogP contribution in [0.3, 0.4) is 0 Å². The fourth-order valence-electron chi connectivity index (χ4n) is 1.51. The Balaban J connectivity index is 2.24. The lowest BCUT2D eigenvalue weighted by Crippen LogP contribution is -2.22. The van der Waals surface area contributed by atoms with Gasteiger partial charge in [-0.15, -0.1) is 0 Å². The molecule has 1 aromatic heterocycles. The SMILES string of the molecule is CN(C)C(=O)OCc1cccc2[nH]c(=O)[nH]c12. The fraction of sp³-hybridized carbons (Fsp3) is 0.273. The van der Waals surface area contributed by atoms with Crippen LogP contribution >= 0.6 is 0 Å². The summed E-state index contributed by atoms with van der Waals surface area (Å²) in [6.45, 7) is 0.127. The first-order valence-electron chi connectivity index (χ1n) is 5.12. The number of aromatic nitrogens is 2. The van der Waals surface area contributed by atoms with Crippen LogP contribution in [0.5, 0.6) is 0 Å². The lowest BCUT2D eigenvalue weighted by molar-refractivity contribution is 0.112. The van der Waals surface area contributed by atoms with Gasteiger partial charge in [-0.2, -0.15) is 0 Å². The molecule has 90 valence electrons. The summed E-state index contributed by atoms with van der Waals surface area (Å²) in [5.41, 5.74) is 1.86. The van der Waals surface area contributed by atoms with E-state index in [-0.39, 0.29) is 12.3 Å². The van der Waals surface area contributed by atoms with Crippen molar-refractivity contribution < 1.29 is 9.53 Å². The third-order valence-electron chi connectivity index (χ3n) is 2.35. The second-order valence-corrected chi connectivity index (χ2v) is 3.87. The number of H-pyrrole nitrogens is 2. The Morgan fingerprint density at radius 1 is 1.35 bits per heavy atom. The van der Waals surface area contributed by atoms with Crippen LogP contribution in [0.25, 0.3) is 11.0 Å². The van der Waals surface area contributed by atoms with E-state index in [2.05, 4.69) is 9.97 Å². The summed E-state index contributed by atoms with van der Waals surface area (Å²) < 4.78 is 5.06. The predicted octanol–water partition coefficient (Wildman–Crippen LogP) is 1.05. The van der Waals surface area contributed by atoms with Crippen LogP contribution in [-0.2, 0) is 11.3 Å². The smallest absolute Gasteiger partial charge is 0.409 e. The molecule has 0 atom stereocenters. The molecule has 1 heterocycles. The highest BCUT2D eigenvalue weighted by atomic mass is 16.6. The highest BCUT2D eigenvalue weighted by Gasteiger charge is 2.08. The Morgan fingerprint density at radius 2 is 2.12 bits per heavy atom. The number of hydrogen-bond donors (Lipinski definition) is 2. The Hall–Kier alpha value is -2.24. The lowest BCUT2D eigenvalue weighted by Gasteiger charge is -2.11. The maximum atomic E-state index is 11.3. The molecule has 2 N–H and O–H groups in total. The van der Waals surface area contributed by atoms with Crippen LogP contribution in [0.15, 0.2) is 23.0 Å². The predicted molar refractivity (Wildman–Crippen MR) is 62.8 cm³/mol. The normalized spacial score (nSPS) is 10.5. The third kappa shape index (κ3) is 2.30. The average molecular weight is 235 g/mol. The summed E-state index contributed by atoms with van der Waals surface area (Å²) in [7, 11) is 3.22. The molecule has 0 saturated heterocycles. The van der Waals surface area contributed by atoms with E-state index in [1.165, 1.54) is 4.90 Å². The fourth-order valence-corrected chi connectivity index (χ4v) is 1.51. The molecule has 0 fully saturated rings. The average Bonchev–Trinajstić information content (AvgIpc) is 2.66. The van der Waals surface area contributed by atoms with E-state index in [0.29, 0.717) is 11.0 Å². The Bertz CT molecular complexity index is 597. The summed E-state index contributed by atoms with van der Waals surface area (Å²) in [6.07, 6.45) is -0.417. The summed E-state index contributed by atoms with van der Waals surface area (Å²) in [5.74, 6) is 0. The minimum Gasteiger partial charge on any atom is -0.444 e. The van der Waals surface area contributed by atoms with E-state index in [1.807, 2.05) is 0 Å². The molecule has 6 heteroatoms. The molecule has 0 radical (unpaired) electrons. The van der Waals surface area contributed by atoms with E-state index in [4.69, 9.17) is 4.74 Å². The Morgan fingerprint density at radius 3 is 2.82 bits per heavy atom. The van der Waals surface area contributed by atoms with Crippen molar-refractivity contribution >= 4 is 17.1 Å². The number of hydrogen-bond acceptors (Lipinski definition) is 3. The number of amides is 1. The topological polar surface area (TPSA) is 78.2 Å². The number of nitrogens with zero attached hydrogens (tertiary/aromatic N) is 1. The van der Waals surface area contributed by atoms with Gasteiger partial charge in [-0.1, -0.05) is 12.1 Å². The van der Waals surface area contributed by atoms with Crippen molar-refractivity contribution in [1.29, 1.82) is 0 Å². The summed E-state index contributed by atoms with van der Waals surface area (Å²) in [6, 6.07) is 5.38. The number of imidazole rings is 1. The second kappa shape index (κ2) is 4.32. The standard InChI is InChI=1S/C11H13N3O3/c1-14(2)11(16)17-6-7-4-3-5-8-9(7)13-10(15)12-8/h3-5H,6H2,1-2H3,(H2,12,13,15). The van der Waals surface area contributed by atoms with Crippen LogP contribution in [0, 0.1) is 0 Å². The maximum absolute atomic E-state index is 11.3. The quantitative estimate of drug-likeness (QED) is 0.816. The van der Waals surface area contributed by atoms with Gasteiger partial charge < -0.3 is 19.6 Å². The van der Waals surface area contributed by atoms with Gasteiger partial charge in [-0.25, -0.2) is 9.59 Å². The van der Waals surface area contributed by atoms with Crippen molar-refractivity contribution in [3.05, 3.63) is 34.2 Å². The molecule has 0 aliphatic rings. The molecule has 2 rings (SSSR count). The van der Waals surface area contributed by atoms with Crippen LogP contribution in [-0.4, -0.2) is 35.1 Å². The van der Waals surface area contributed by atoms with Gasteiger partial charge in [0, 0.05) is 19.7 Å². The highest BCUT2D eigenvalue weighted by molar-refractivity contribution is 5.78. The van der Waals surface area contributed by atoms with Crippen molar-refractivity contribution in [3.8, 4) is 0 Å². The summed E-state index contributed by atoms with van der Waals surface area (Å²) in [4.78, 5) is 29.1. The number of benzene rings is 1. The monoisotopic (exact) mass is 235 g/mol. The van der Waals surface area contributed by atoms with E-state index in [0.717, 1.165) is 5.56 Å². The molecule has 1 aromatic carbocycles. The van der Waals surface area contributed by atoms with Gasteiger partial charge in [0.15, 0.2) is 0 Å². The molecule has 17 heavy (non-hydrogen) atoms. The number of ether oxygens (including phenoxy) is 1. The molecular formula is C11H13N3O3. The molecule has 6 nitrogen and oxygen atoms in total. The number of nitrogens with one attached hydrogen (secondary N) is 2. The Labute approximate surface area is 97.2 Å². The summed E-state index contributed by atoms with van der Waals surface area (Å²) >= 11 is 0. The second-order valence-electron chi connectivity index (χ2n) is 3.87. The van der Waals surface area contributed by atoms with E-state index < -0.39 is 6.09 Å². The number of aromatic amines is 2. The highest BCUT2D eigenvalue weighted by Crippen LogP contribution is 2.14. The zero-order valence-electron chi connectivity index (χ0n) is 9.61. The van der Waals surface area contributed by atoms with E-state index in [9.17, 15) is 9.59 Å². The van der Waals surface area contributed by atoms with Crippen LogP contribution in [0.4, 0.5) is 4.79 Å². The number of fused-ring (bicyclic) bond motifs is 1. The lowest BCUT2D eigenvalue weighted by atomic mass is 10.2. The molecule has 1 amide bonds. The van der Waals surface area contributed by atoms with Gasteiger partial charge in [0.2, 0.25) is 0 Å². The Kier molecular flexibility index (Phi) is 2.86. The van der Waals surface area contributed by atoms with Crippen LogP contribution in [0.1, 0.15) is 5.56 Å². The molecule has 2 aromatic rings. The third-order valence-corrected chi connectivity index (χ3v) is 2.35. The molecule has 0 saturated carbocycles. The minimum absolute atomic E-state index is 0.127. The molecule has 0 unspecified atom stereocenters. The first kappa shape index (κ1) is 11.3. The maximum Gasteiger partial charge on any atom is 0.409 e. The van der Waals surface area contributed by atoms with Gasteiger partial charge >= 0.3 is 11.8 Å². The van der Waals surface area contributed by atoms with Gasteiger partial charge in [-0.05, 0) is 6.07 Å². The molecule has 0 aliphatic carbocycles. The molecule has 0 aliphatic heterocycles. The van der Waals surface area contributed by atoms with E-state index in [1.54, 1.807) is 32.3 Å². The van der Waals surface area contributed by atoms with Crippen LogP contribution < -0.4 is 5.69 Å². The van der Waals surface area contributed by atoms with E-state index >= 15 is 0 Å². The van der Waals surface area contributed by atoms with Crippen molar-refractivity contribution in [2.45, 2.75) is 6.61 Å². The summed E-state index contributed by atoms with van der Waals surface area (Å²) in [5, 5.41) is 0.